The molecule has 0 unspecified atom stereocenters. The molecular weight excluding hydrogens is 300 g/mol. The Labute approximate surface area is 134 Å². The Morgan fingerprint density at radius 1 is 1.18 bits per heavy atom. The molecule has 1 aliphatic rings. The molecule has 1 heterocycles. The molecule has 1 aliphatic heterocycles. The summed E-state index contributed by atoms with van der Waals surface area (Å²) >= 11 is 5.94. The maximum Gasteiger partial charge on any atom is 0.345 e. The highest BCUT2D eigenvalue weighted by molar-refractivity contribution is 6.30. The van der Waals surface area contributed by atoms with Crippen molar-refractivity contribution in [3.8, 4) is 5.75 Å². The Hall–Kier alpha value is -2.00. The van der Waals surface area contributed by atoms with Gasteiger partial charge in [0.2, 0.25) is 6.10 Å². The fourth-order valence-electron chi connectivity index (χ4n) is 2.86. The molecule has 0 aliphatic carbocycles. The third-order valence-electron chi connectivity index (χ3n) is 4.06. The summed E-state index contributed by atoms with van der Waals surface area (Å²) < 4.78 is 5.67. The SMILES string of the molecule is CC(C)c1ccc2c(c1)[C@@H](c1ccc(Cl)cc1)[C@H](C(=O)O)O2. The maximum absolute atomic E-state index is 11.6. The minimum atomic E-state index is -0.956. The lowest BCUT2D eigenvalue weighted by atomic mass is 9.86. The van der Waals surface area contributed by atoms with Gasteiger partial charge in [-0.15, -0.1) is 0 Å². The molecule has 0 spiro atoms. The smallest absolute Gasteiger partial charge is 0.345 e. The zero-order valence-corrected chi connectivity index (χ0v) is 13.2. The molecule has 0 saturated heterocycles. The standard InChI is InChI=1S/C18H17ClO3/c1-10(2)12-5-8-15-14(9-12)16(17(22-15)18(20)21)11-3-6-13(19)7-4-11/h3-10,16-17H,1-2H3,(H,20,21)/t16-,17-/m1/s1. The summed E-state index contributed by atoms with van der Waals surface area (Å²) in [6.07, 6.45) is -0.904. The van der Waals surface area contributed by atoms with Gasteiger partial charge in [-0.25, -0.2) is 4.79 Å². The predicted octanol–water partition coefficient (Wildman–Crippen LogP) is 4.44. The van der Waals surface area contributed by atoms with Gasteiger partial charge in [-0.3, -0.25) is 0 Å². The van der Waals surface area contributed by atoms with Crippen molar-refractivity contribution >= 4 is 17.6 Å². The van der Waals surface area contributed by atoms with Crippen LogP contribution < -0.4 is 4.74 Å². The molecule has 3 nitrogen and oxygen atoms in total. The average molecular weight is 317 g/mol. The molecule has 0 radical (unpaired) electrons. The second kappa shape index (κ2) is 5.65. The Balaban J connectivity index is 2.11. The molecular formula is C18H17ClO3. The van der Waals surface area contributed by atoms with Crippen LogP contribution in [0.3, 0.4) is 0 Å². The molecule has 2 atom stereocenters. The van der Waals surface area contributed by atoms with Gasteiger partial charge in [-0.05, 0) is 35.2 Å². The van der Waals surface area contributed by atoms with Gasteiger partial charge in [-0.1, -0.05) is 49.7 Å². The Bertz CT molecular complexity index is 707. The highest BCUT2D eigenvalue weighted by Gasteiger charge is 2.40. The number of carbonyl (C=O) groups is 1. The molecule has 1 N–H and O–H groups in total. The number of halogens is 1. The van der Waals surface area contributed by atoms with Crippen LogP contribution in [0.2, 0.25) is 5.02 Å². The first kappa shape index (κ1) is 14.9. The first-order valence-corrected chi connectivity index (χ1v) is 7.64. The van der Waals surface area contributed by atoms with E-state index in [1.165, 1.54) is 5.56 Å². The van der Waals surface area contributed by atoms with E-state index in [-0.39, 0.29) is 5.92 Å². The zero-order valence-electron chi connectivity index (χ0n) is 12.4. The van der Waals surface area contributed by atoms with E-state index in [1.807, 2.05) is 24.3 Å². The van der Waals surface area contributed by atoms with Gasteiger partial charge in [0.25, 0.3) is 0 Å². The summed E-state index contributed by atoms with van der Waals surface area (Å²) in [5.41, 5.74) is 3.00. The Morgan fingerprint density at radius 3 is 2.45 bits per heavy atom. The topological polar surface area (TPSA) is 46.5 Å². The van der Waals surface area contributed by atoms with Crippen molar-refractivity contribution in [2.24, 2.45) is 0 Å². The van der Waals surface area contributed by atoms with Crippen LogP contribution in [-0.2, 0) is 4.79 Å². The number of rotatable bonds is 3. The van der Waals surface area contributed by atoms with E-state index < -0.39 is 12.1 Å². The quantitative estimate of drug-likeness (QED) is 0.910. The van der Waals surface area contributed by atoms with Crippen molar-refractivity contribution in [3.05, 3.63) is 64.2 Å². The van der Waals surface area contributed by atoms with Gasteiger partial charge < -0.3 is 9.84 Å². The van der Waals surface area contributed by atoms with Crippen LogP contribution in [0.15, 0.2) is 42.5 Å². The number of benzene rings is 2. The van der Waals surface area contributed by atoms with Crippen molar-refractivity contribution in [1.82, 2.24) is 0 Å². The lowest BCUT2D eigenvalue weighted by Gasteiger charge is -2.16. The van der Waals surface area contributed by atoms with E-state index in [1.54, 1.807) is 12.1 Å². The Kier molecular flexibility index (Phi) is 3.83. The highest BCUT2D eigenvalue weighted by Crippen LogP contribution is 2.43. The maximum atomic E-state index is 11.6. The van der Waals surface area contributed by atoms with Gasteiger partial charge in [-0.2, -0.15) is 0 Å². The summed E-state index contributed by atoms with van der Waals surface area (Å²) in [7, 11) is 0. The van der Waals surface area contributed by atoms with Gasteiger partial charge in [0.05, 0.1) is 5.92 Å². The monoisotopic (exact) mass is 316 g/mol. The fourth-order valence-corrected chi connectivity index (χ4v) is 2.99. The van der Waals surface area contributed by atoms with Crippen LogP contribution in [0, 0.1) is 0 Å². The minimum absolute atomic E-state index is 0.316. The molecule has 2 aromatic carbocycles. The van der Waals surface area contributed by atoms with Crippen molar-refractivity contribution in [3.63, 3.8) is 0 Å². The summed E-state index contributed by atoms with van der Waals surface area (Å²) in [4.78, 5) is 11.6. The lowest BCUT2D eigenvalue weighted by molar-refractivity contribution is -0.144. The second-order valence-corrected chi connectivity index (χ2v) is 6.29. The fraction of sp³-hybridized carbons (Fsp3) is 0.278. The lowest BCUT2D eigenvalue weighted by Crippen LogP contribution is -2.29. The van der Waals surface area contributed by atoms with Crippen molar-refractivity contribution in [2.75, 3.05) is 0 Å². The summed E-state index contributed by atoms with van der Waals surface area (Å²) in [6.45, 7) is 4.23. The van der Waals surface area contributed by atoms with Crippen LogP contribution in [0.25, 0.3) is 0 Å². The number of hydrogen-bond donors (Lipinski definition) is 1. The average Bonchev–Trinajstić information content (AvgIpc) is 2.86. The summed E-state index contributed by atoms with van der Waals surface area (Å²) in [6, 6.07) is 13.2. The number of aliphatic carboxylic acids is 1. The first-order chi connectivity index (χ1) is 10.5. The summed E-state index contributed by atoms with van der Waals surface area (Å²) in [5, 5.41) is 10.1. The van der Waals surface area contributed by atoms with E-state index in [4.69, 9.17) is 16.3 Å². The molecule has 0 aromatic heterocycles. The van der Waals surface area contributed by atoms with Crippen LogP contribution in [0.4, 0.5) is 0 Å². The molecule has 114 valence electrons. The van der Waals surface area contributed by atoms with Crippen molar-refractivity contribution in [2.45, 2.75) is 31.8 Å². The first-order valence-electron chi connectivity index (χ1n) is 7.26. The van der Waals surface area contributed by atoms with Gasteiger partial charge in [0.1, 0.15) is 5.75 Å². The molecule has 0 fully saturated rings. The molecule has 0 amide bonds. The molecule has 2 aromatic rings. The van der Waals surface area contributed by atoms with Gasteiger partial charge in [0, 0.05) is 10.6 Å². The zero-order chi connectivity index (χ0) is 15.9. The minimum Gasteiger partial charge on any atom is -0.478 e. The molecule has 0 bridgehead atoms. The number of fused-ring (bicyclic) bond motifs is 1. The molecule has 3 rings (SSSR count). The van der Waals surface area contributed by atoms with E-state index >= 15 is 0 Å². The van der Waals surface area contributed by atoms with Crippen LogP contribution in [0.5, 0.6) is 5.75 Å². The van der Waals surface area contributed by atoms with E-state index in [2.05, 4.69) is 19.9 Å². The molecule has 4 heteroatoms. The van der Waals surface area contributed by atoms with Crippen LogP contribution in [0.1, 0.15) is 42.4 Å². The normalized spacial score (nSPS) is 19.8. The molecule has 0 saturated carbocycles. The third kappa shape index (κ3) is 2.57. The largest absolute Gasteiger partial charge is 0.478 e. The molecule has 22 heavy (non-hydrogen) atoms. The number of ether oxygens (including phenoxy) is 1. The number of carboxylic acid groups (broad SMARTS) is 1. The number of hydrogen-bond acceptors (Lipinski definition) is 2. The van der Waals surface area contributed by atoms with E-state index in [0.29, 0.717) is 16.7 Å². The number of carboxylic acids is 1. The highest BCUT2D eigenvalue weighted by atomic mass is 35.5. The van der Waals surface area contributed by atoms with Gasteiger partial charge >= 0.3 is 5.97 Å². The van der Waals surface area contributed by atoms with E-state index in [0.717, 1.165) is 11.1 Å². The predicted molar refractivity (Wildman–Crippen MR) is 85.9 cm³/mol. The third-order valence-corrected chi connectivity index (χ3v) is 4.32. The van der Waals surface area contributed by atoms with Gasteiger partial charge in [0.15, 0.2) is 0 Å². The van der Waals surface area contributed by atoms with Crippen molar-refractivity contribution < 1.29 is 14.6 Å². The Morgan fingerprint density at radius 2 is 1.86 bits per heavy atom. The van der Waals surface area contributed by atoms with E-state index in [9.17, 15) is 9.90 Å². The van der Waals surface area contributed by atoms with Crippen LogP contribution in [-0.4, -0.2) is 17.2 Å². The second-order valence-electron chi connectivity index (χ2n) is 5.86. The summed E-state index contributed by atoms with van der Waals surface area (Å²) in [5.74, 6) is -0.248. The van der Waals surface area contributed by atoms with Crippen molar-refractivity contribution in [1.29, 1.82) is 0 Å². The van der Waals surface area contributed by atoms with Crippen LogP contribution >= 0.6 is 11.6 Å².